The van der Waals surface area contributed by atoms with Crippen molar-refractivity contribution in [3.05, 3.63) is 30.1 Å². The minimum absolute atomic E-state index is 0.297. The molecule has 1 aliphatic rings. The lowest BCUT2D eigenvalue weighted by Gasteiger charge is -2.23. The molecule has 5 heteroatoms. The van der Waals surface area contributed by atoms with Crippen LogP contribution in [-0.4, -0.2) is 32.1 Å². The van der Waals surface area contributed by atoms with Gasteiger partial charge in [0, 0.05) is 11.8 Å². The van der Waals surface area contributed by atoms with Crippen molar-refractivity contribution in [2.45, 2.75) is 18.9 Å². The molecule has 0 aliphatic carbocycles. The second-order valence-electron chi connectivity index (χ2n) is 4.53. The second kappa shape index (κ2) is 4.65. The summed E-state index contributed by atoms with van der Waals surface area (Å²) in [6.45, 7) is 0. The molecular weight excluding hydrogens is 248 g/mol. The third-order valence-electron chi connectivity index (χ3n) is 3.35. The molecule has 1 aromatic heterocycles. The average molecular weight is 262 g/mol. The SMILES string of the molecule is O=C(O)c1ccc2c(c1)ncn2C1CCCSC1. The summed E-state index contributed by atoms with van der Waals surface area (Å²) in [5, 5.41) is 8.96. The number of fused-ring (bicyclic) bond motifs is 1. The first-order chi connectivity index (χ1) is 8.75. The molecule has 0 saturated carbocycles. The van der Waals surface area contributed by atoms with E-state index in [1.54, 1.807) is 12.1 Å². The highest BCUT2D eigenvalue weighted by Crippen LogP contribution is 2.29. The van der Waals surface area contributed by atoms with Crippen LogP contribution in [0.4, 0.5) is 0 Å². The maximum absolute atomic E-state index is 10.9. The Morgan fingerprint density at radius 1 is 1.50 bits per heavy atom. The molecule has 1 saturated heterocycles. The van der Waals surface area contributed by atoms with Crippen LogP contribution >= 0.6 is 11.8 Å². The summed E-state index contributed by atoms with van der Waals surface area (Å²) in [4.78, 5) is 15.2. The van der Waals surface area contributed by atoms with Gasteiger partial charge in [-0.1, -0.05) is 0 Å². The fraction of sp³-hybridized carbons (Fsp3) is 0.385. The number of carboxylic acids is 1. The predicted molar refractivity (Wildman–Crippen MR) is 72.3 cm³/mol. The third kappa shape index (κ3) is 1.99. The van der Waals surface area contributed by atoms with Crippen molar-refractivity contribution in [1.29, 1.82) is 0 Å². The van der Waals surface area contributed by atoms with Crippen molar-refractivity contribution in [2.75, 3.05) is 11.5 Å². The molecule has 1 fully saturated rings. The Kier molecular flexibility index (Phi) is 2.99. The molecular formula is C13H14N2O2S. The van der Waals surface area contributed by atoms with Gasteiger partial charge in [0.2, 0.25) is 0 Å². The Morgan fingerprint density at radius 2 is 2.39 bits per heavy atom. The molecule has 1 unspecified atom stereocenters. The molecule has 1 N–H and O–H groups in total. The van der Waals surface area contributed by atoms with E-state index in [1.165, 1.54) is 18.6 Å². The number of benzene rings is 1. The van der Waals surface area contributed by atoms with Crippen molar-refractivity contribution in [3.63, 3.8) is 0 Å². The molecule has 1 aromatic carbocycles. The quantitative estimate of drug-likeness (QED) is 0.904. The largest absolute Gasteiger partial charge is 0.478 e. The molecule has 2 aromatic rings. The molecule has 4 nitrogen and oxygen atoms in total. The number of rotatable bonds is 2. The van der Waals surface area contributed by atoms with Crippen LogP contribution in [0.15, 0.2) is 24.5 Å². The van der Waals surface area contributed by atoms with E-state index in [0.29, 0.717) is 11.6 Å². The topological polar surface area (TPSA) is 55.1 Å². The maximum atomic E-state index is 10.9. The minimum atomic E-state index is -0.903. The molecule has 3 rings (SSSR count). The Hall–Kier alpha value is -1.49. The molecule has 1 atom stereocenters. The van der Waals surface area contributed by atoms with Crippen LogP contribution in [-0.2, 0) is 0 Å². The van der Waals surface area contributed by atoms with Gasteiger partial charge in [-0.2, -0.15) is 11.8 Å². The Bertz CT molecular complexity index is 588. The average Bonchev–Trinajstić information content (AvgIpc) is 2.82. The van der Waals surface area contributed by atoms with E-state index in [-0.39, 0.29) is 0 Å². The van der Waals surface area contributed by atoms with Gasteiger partial charge in [0.1, 0.15) is 0 Å². The smallest absolute Gasteiger partial charge is 0.335 e. The van der Waals surface area contributed by atoms with Gasteiger partial charge in [-0.3, -0.25) is 0 Å². The molecule has 2 heterocycles. The van der Waals surface area contributed by atoms with Crippen molar-refractivity contribution >= 4 is 28.8 Å². The maximum Gasteiger partial charge on any atom is 0.335 e. The summed E-state index contributed by atoms with van der Waals surface area (Å²) in [7, 11) is 0. The lowest BCUT2D eigenvalue weighted by Crippen LogP contribution is -2.15. The van der Waals surface area contributed by atoms with Gasteiger partial charge in [-0.25, -0.2) is 9.78 Å². The van der Waals surface area contributed by atoms with Crippen LogP contribution in [0.5, 0.6) is 0 Å². The number of carboxylic acid groups (broad SMARTS) is 1. The predicted octanol–water partition coefficient (Wildman–Crippen LogP) is 2.80. The zero-order valence-corrected chi connectivity index (χ0v) is 10.7. The van der Waals surface area contributed by atoms with Crippen LogP contribution in [0.1, 0.15) is 29.2 Å². The highest BCUT2D eigenvalue weighted by molar-refractivity contribution is 7.99. The monoisotopic (exact) mass is 262 g/mol. The Labute approximate surface area is 109 Å². The summed E-state index contributed by atoms with van der Waals surface area (Å²) in [5.41, 5.74) is 2.10. The van der Waals surface area contributed by atoms with Crippen LogP contribution in [0.3, 0.4) is 0 Å². The highest BCUT2D eigenvalue weighted by Gasteiger charge is 2.18. The van der Waals surface area contributed by atoms with Gasteiger partial charge in [0.25, 0.3) is 0 Å². The molecule has 94 valence electrons. The fourth-order valence-electron chi connectivity index (χ4n) is 2.40. The van der Waals surface area contributed by atoms with Crippen molar-refractivity contribution < 1.29 is 9.90 Å². The summed E-state index contributed by atoms with van der Waals surface area (Å²) in [6.07, 6.45) is 4.26. The van der Waals surface area contributed by atoms with Gasteiger partial charge in [0.15, 0.2) is 0 Å². The first-order valence-electron chi connectivity index (χ1n) is 6.03. The van der Waals surface area contributed by atoms with E-state index in [1.807, 2.05) is 24.2 Å². The Morgan fingerprint density at radius 3 is 3.11 bits per heavy atom. The first-order valence-corrected chi connectivity index (χ1v) is 7.19. The first kappa shape index (κ1) is 11.6. The zero-order chi connectivity index (χ0) is 12.5. The fourth-order valence-corrected chi connectivity index (χ4v) is 3.54. The molecule has 0 spiro atoms. The van der Waals surface area contributed by atoms with Crippen molar-refractivity contribution in [2.24, 2.45) is 0 Å². The number of aromatic carboxylic acids is 1. The highest BCUT2D eigenvalue weighted by atomic mass is 32.2. The van der Waals surface area contributed by atoms with Gasteiger partial charge < -0.3 is 9.67 Å². The van der Waals surface area contributed by atoms with Gasteiger partial charge in [-0.15, -0.1) is 0 Å². The lowest BCUT2D eigenvalue weighted by molar-refractivity contribution is 0.0697. The van der Waals surface area contributed by atoms with Gasteiger partial charge in [0.05, 0.1) is 22.9 Å². The van der Waals surface area contributed by atoms with Crippen LogP contribution < -0.4 is 0 Å². The van der Waals surface area contributed by atoms with E-state index in [9.17, 15) is 4.79 Å². The molecule has 0 amide bonds. The van der Waals surface area contributed by atoms with Crippen molar-refractivity contribution in [3.8, 4) is 0 Å². The third-order valence-corrected chi connectivity index (χ3v) is 4.55. The Balaban J connectivity index is 2.01. The number of aromatic nitrogens is 2. The summed E-state index contributed by atoms with van der Waals surface area (Å²) in [6, 6.07) is 5.65. The summed E-state index contributed by atoms with van der Waals surface area (Å²) < 4.78 is 2.19. The second-order valence-corrected chi connectivity index (χ2v) is 5.68. The van der Waals surface area contributed by atoms with Crippen LogP contribution in [0.2, 0.25) is 0 Å². The van der Waals surface area contributed by atoms with E-state index in [0.717, 1.165) is 16.8 Å². The minimum Gasteiger partial charge on any atom is -0.478 e. The van der Waals surface area contributed by atoms with Crippen LogP contribution in [0, 0.1) is 0 Å². The number of hydrogen-bond acceptors (Lipinski definition) is 3. The van der Waals surface area contributed by atoms with E-state index in [2.05, 4.69) is 9.55 Å². The molecule has 18 heavy (non-hydrogen) atoms. The van der Waals surface area contributed by atoms with E-state index in [4.69, 9.17) is 5.11 Å². The van der Waals surface area contributed by atoms with E-state index >= 15 is 0 Å². The van der Waals surface area contributed by atoms with E-state index < -0.39 is 5.97 Å². The normalized spacial score (nSPS) is 20.1. The number of thioether (sulfide) groups is 1. The molecule has 1 aliphatic heterocycles. The van der Waals surface area contributed by atoms with Gasteiger partial charge in [-0.05, 0) is 36.8 Å². The number of nitrogens with zero attached hydrogens (tertiary/aromatic N) is 2. The van der Waals surface area contributed by atoms with Crippen molar-refractivity contribution in [1.82, 2.24) is 9.55 Å². The standard InChI is InChI=1S/C13H14N2O2S/c16-13(17)9-3-4-12-11(6-9)14-8-15(12)10-2-1-5-18-7-10/h3-4,6,8,10H,1-2,5,7H2,(H,16,17). The molecule has 0 bridgehead atoms. The van der Waals surface area contributed by atoms with Crippen LogP contribution in [0.25, 0.3) is 11.0 Å². The summed E-state index contributed by atoms with van der Waals surface area (Å²) >= 11 is 1.98. The number of carbonyl (C=O) groups is 1. The number of hydrogen-bond donors (Lipinski definition) is 1. The summed E-state index contributed by atoms with van der Waals surface area (Å²) in [5.74, 6) is 1.46. The zero-order valence-electron chi connectivity index (χ0n) is 9.87. The number of imidazole rings is 1. The van der Waals surface area contributed by atoms with Gasteiger partial charge >= 0.3 is 5.97 Å². The molecule has 0 radical (unpaired) electrons. The lowest BCUT2D eigenvalue weighted by atomic mass is 10.1.